The van der Waals surface area contributed by atoms with Crippen LogP contribution in [-0.4, -0.2) is 62.7 Å². The molecule has 17 heavy (non-hydrogen) atoms. The molecule has 0 aliphatic heterocycles. The first-order chi connectivity index (χ1) is 7.62. The Kier molecular flexibility index (Phi) is 6.89. The maximum absolute atomic E-state index is 11.3. The highest BCUT2D eigenvalue weighted by atomic mass is 31.2. The fourth-order valence-electron chi connectivity index (χ4n) is 0.855. The Balaban J connectivity index is 3.73. The number of likely N-dealkylation sites (N-methyl/N-ethyl adjacent to an activating group) is 1. The van der Waals surface area contributed by atoms with Gasteiger partial charge in [-0.05, 0) is 0 Å². The molecule has 1 unspecified atom stereocenters. The fraction of sp³-hybridized carbons (Fsp3) is 0.889. The third-order valence-corrected chi connectivity index (χ3v) is 2.76. The molecule has 102 valence electrons. The molecule has 0 radical (unpaired) electrons. The Bertz CT molecular complexity index is 290. The van der Waals surface area contributed by atoms with Crippen molar-refractivity contribution in [3.63, 3.8) is 0 Å². The maximum atomic E-state index is 11.3. The van der Waals surface area contributed by atoms with Crippen LogP contribution < -0.4 is 5.32 Å². The summed E-state index contributed by atoms with van der Waals surface area (Å²) >= 11 is 0. The normalized spacial score (nSPS) is 15.4. The zero-order valence-electron chi connectivity index (χ0n) is 10.8. The molecule has 1 amide bonds. The van der Waals surface area contributed by atoms with Crippen LogP contribution in [0.1, 0.15) is 6.92 Å². The summed E-state index contributed by atoms with van der Waals surface area (Å²) in [5, 5.41) is 2.44. The number of hydrogen-bond donors (Lipinski definition) is 2. The Labute approximate surface area is 102 Å². The van der Waals surface area contributed by atoms with Crippen LogP contribution in [0.3, 0.4) is 0 Å². The van der Waals surface area contributed by atoms with E-state index in [1.54, 1.807) is 0 Å². The smallest absolute Gasteiger partial charge is 0.354 e. The average Bonchev–Trinajstić information content (AvgIpc) is 2.09. The number of phosphoric ester groups is 1. The number of nitrogens with one attached hydrogen (secondary N) is 1. The first kappa shape index (κ1) is 16.5. The number of hydrogen-bond acceptors (Lipinski definition) is 4. The molecule has 2 N–H and O–H groups in total. The molecule has 1 atom stereocenters. The van der Waals surface area contributed by atoms with Crippen LogP contribution in [0.25, 0.3) is 0 Å². The van der Waals surface area contributed by atoms with E-state index in [0.29, 0.717) is 11.0 Å². The first-order valence-corrected chi connectivity index (χ1v) is 6.79. The van der Waals surface area contributed by atoms with Crippen LogP contribution in [0.15, 0.2) is 0 Å². The van der Waals surface area contributed by atoms with Gasteiger partial charge in [0.05, 0.1) is 27.7 Å². The van der Waals surface area contributed by atoms with Crippen LogP contribution in [0, 0.1) is 0 Å². The molecule has 7 nitrogen and oxygen atoms in total. The molecule has 8 heteroatoms. The molecule has 0 aliphatic carbocycles. The molecule has 0 aromatic rings. The van der Waals surface area contributed by atoms with Crippen molar-refractivity contribution in [2.75, 3.05) is 47.4 Å². The van der Waals surface area contributed by atoms with Crippen molar-refractivity contribution in [1.29, 1.82) is 0 Å². The van der Waals surface area contributed by atoms with Crippen LogP contribution in [0.2, 0.25) is 0 Å². The molecule has 0 aliphatic rings. The summed E-state index contributed by atoms with van der Waals surface area (Å²) in [6.45, 7) is 2.21. The minimum Gasteiger partial charge on any atom is -0.354 e. The summed E-state index contributed by atoms with van der Waals surface area (Å²) in [6.07, 6.45) is 0. The van der Waals surface area contributed by atoms with Gasteiger partial charge >= 0.3 is 7.82 Å². The molecule has 0 rings (SSSR count). The van der Waals surface area contributed by atoms with Crippen LogP contribution >= 0.6 is 7.82 Å². The van der Waals surface area contributed by atoms with Crippen molar-refractivity contribution in [1.82, 2.24) is 5.32 Å². The minimum atomic E-state index is -4.00. The van der Waals surface area contributed by atoms with Gasteiger partial charge in [0.25, 0.3) is 0 Å². The minimum absolute atomic E-state index is 0.0578. The monoisotopic (exact) mass is 269 g/mol. The summed E-state index contributed by atoms with van der Waals surface area (Å²) in [7, 11) is 1.84. The predicted octanol–water partition coefficient (Wildman–Crippen LogP) is -0.0377. The second-order valence-electron chi connectivity index (χ2n) is 4.63. The molecular weight excluding hydrogens is 247 g/mol. The molecule has 0 spiro atoms. The van der Waals surface area contributed by atoms with E-state index >= 15 is 0 Å². The van der Waals surface area contributed by atoms with Crippen molar-refractivity contribution in [3.8, 4) is 0 Å². The summed E-state index contributed by atoms with van der Waals surface area (Å²) < 4.78 is 21.4. The van der Waals surface area contributed by atoms with Gasteiger partial charge in [-0.15, -0.1) is 0 Å². The third kappa shape index (κ3) is 11.8. The van der Waals surface area contributed by atoms with Crippen LogP contribution in [0.5, 0.6) is 0 Å². The maximum Gasteiger partial charge on any atom is 0.472 e. The van der Waals surface area contributed by atoms with Gasteiger partial charge in [0.2, 0.25) is 5.91 Å². The number of rotatable bonds is 8. The van der Waals surface area contributed by atoms with E-state index in [2.05, 4.69) is 9.84 Å². The first-order valence-electron chi connectivity index (χ1n) is 5.29. The number of amides is 1. The van der Waals surface area contributed by atoms with Crippen molar-refractivity contribution < 1.29 is 27.8 Å². The molecule has 0 fully saturated rings. The Hall–Kier alpha value is -0.460. The number of carbonyl (C=O) groups excluding carboxylic acids is 1. The number of nitrogens with zero attached hydrogens (tertiary/aromatic N) is 1. The standard InChI is InChI=1S/C9H21N2O5P/c1-9(12)10-5-7-15-17(13,14)16-8-6-11(2,3)4/h5-8H2,1-4H3,(H-,10,12,13,14)/p+1. The summed E-state index contributed by atoms with van der Waals surface area (Å²) in [4.78, 5) is 19.8. The summed E-state index contributed by atoms with van der Waals surface area (Å²) in [5.74, 6) is -0.215. The molecule has 0 bridgehead atoms. The lowest BCUT2D eigenvalue weighted by Crippen LogP contribution is -2.37. The molecule has 0 aromatic carbocycles. The van der Waals surface area contributed by atoms with Gasteiger partial charge < -0.3 is 14.7 Å². The average molecular weight is 269 g/mol. The number of phosphoric acid groups is 1. The van der Waals surface area contributed by atoms with E-state index in [1.165, 1.54) is 6.92 Å². The van der Waals surface area contributed by atoms with Gasteiger partial charge in [0.1, 0.15) is 13.2 Å². The molecule has 0 aromatic heterocycles. The zero-order valence-corrected chi connectivity index (χ0v) is 11.7. The van der Waals surface area contributed by atoms with Gasteiger partial charge in [-0.1, -0.05) is 0 Å². The molecule has 0 heterocycles. The van der Waals surface area contributed by atoms with Crippen molar-refractivity contribution in [3.05, 3.63) is 0 Å². The van der Waals surface area contributed by atoms with E-state index < -0.39 is 7.82 Å². The highest BCUT2D eigenvalue weighted by molar-refractivity contribution is 7.47. The van der Waals surface area contributed by atoms with Gasteiger partial charge in [0, 0.05) is 13.5 Å². The van der Waals surface area contributed by atoms with E-state index in [4.69, 9.17) is 4.52 Å². The largest absolute Gasteiger partial charge is 0.472 e. The van der Waals surface area contributed by atoms with E-state index in [0.717, 1.165) is 0 Å². The summed E-state index contributed by atoms with van der Waals surface area (Å²) in [6, 6.07) is 0. The Morgan fingerprint density at radius 3 is 2.29 bits per heavy atom. The Morgan fingerprint density at radius 1 is 1.29 bits per heavy atom. The lowest BCUT2D eigenvalue weighted by atomic mass is 10.5. The number of quaternary nitrogens is 1. The van der Waals surface area contributed by atoms with Crippen molar-refractivity contribution in [2.24, 2.45) is 0 Å². The number of carbonyl (C=O) groups is 1. The molecule has 0 saturated carbocycles. The third-order valence-electron chi connectivity index (χ3n) is 1.75. The molecule has 0 saturated heterocycles. The van der Waals surface area contributed by atoms with Crippen LogP contribution in [-0.2, 0) is 18.4 Å². The lowest BCUT2D eigenvalue weighted by Gasteiger charge is -2.24. The molecular formula is C9H22N2O5P+. The second kappa shape index (κ2) is 7.08. The Morgan fingerprint density at radius 2 is 1.82 bits per heavy atom. The van der Waals surface area contributed by atoms with Crippen LogP contribution in [0.4, 0.5) is 0 Å². The zero-order chi connectivity index (χ0) is 13.5. The van der Waals surface area contributed by atoms with Crippen molar-refractivity contribution >= 4 is 13.7 Å². The van der Waals surface area contributed by atoms with Crippen molar-refractivity contribution in [2.45, 2.75) is 6.92 Å². The van der Waals surface area contributed by atoms with Gasteiger partial charge in [-0.2, -0.15) is 0 Å². The highest BCUT2D eigenvalue weighted by Gasteiger charge is 2.21. The summed E-state index contributed by atoms with van der Waals surface area (Å²) in [5.41, 5.74) is 0. The van der Waals surface area contributed by atoms with Gasteiger partial charge in [-0.3, -0.25) is 13.8 Å². The predicted molar refractivity (Wildman–Crippen MR) is 63.3 cm³/mol. The van der Waals surface area contributed by atoms with Gasteiger partial charge in [0.15, 0.2) is 0 Å². The van der Waals surface area contributed by atoms with Gasteiger partial charge in [-0.25, -0.2) is 4.57 Å². The lowest BCUT2D eigenvalue weighted by molar-refractivity contribution is -0.870. The highest BCUT2D eigenvalue weighted by Crippen LogP contribution is 2.42. The second-order valence-corrected chi connectivity index (χ2v) is 6.09. The SMILES string of the molecule is CC(=O)NCCOP(=O)(O)OCC[N+](C)(C)C. The van der Waals surface area contributed by atoms with E-state index in [-0.39, 0.29) is 25.7 Å². The quantitative estimate of drug-likeness (QED) is 0.367. The van der Waals surface area contributed by atoms with E-state index in [1.807, 2.05) is 21.1 Å². The topological polar surface area (TPSA) is 84.9 Å². The fourth-order valence-corrected chi connectivity index (χ4v) is 1.56. The van der Waals surface area contributed by atoms with E-state index in [9.17, 15) is 14.3 Å².